The number of rotatable bonds is 6. The number of likely N-dealkylation sites (N-methyl/N-ethyl adjacent to an activating group) is 1. The molecule has 0 radical (unpaired) electrons. The van der Waals surface area contributed by atoms with E-state index in [0.29, 0.717) is 6.54 Å². The second-order valence-corrected chi connectivity index (χ2v) is 4.58. The summed E-state index contributed by atoms with van der Waals surface area (Å²) in [4.78, 5) is 13.7. The predicted molar refractivity (Wildman–Crippen MR) is 75.5 cm³/mol. The first-order valence-electron chi connectivity index (χ1n) is 6.66. The molecule has 1 aromatic rings. The Morgan fingerprint density at radius 1 is 1.33 bits per heavy atom. The van der Waals surface area contributed by atoms with E-state index in [-0.39, 0.29) is 11.9 Å². The normalized spacial score (nSPS) is 12.2. The molecule has 0 aliphatic heterocycles. The van der Waals surface area contributed by atoms with Crippen molar-refractivity contribution < 1.29 is 4.79 Å². The molecular weight excluding hydrogens is 224 g/mol. The lowest BCUT2D eigenvalue weighted by Gasteiger charge is -2.21. The summed E-state index contributed by atoms with van der Waals surface area (Å²) >= 11 is 0. The summed E-state index contributed by atoms with van der Waals surface area (Å²) < 4.78 is 0. The van der Waals surface area contributed by atoms with Gasteiger partial charge in [-0.25, -0.2) is 0 Å². The third-order valence-corrected chi connectivity index (χ3v) is 3.22. The van der Waals surface area contributed by atoms with Crippen molar-refractivity contribution in [2.45, 2.75) is 33.7 Å². The third kappa shape index (κ3) is 4.15. The van der Waals surface area contributed by atoms with Crippen molar-refractivity contribution in [2.24, 2.45) is 0 Å². The summed E-state index contributed by atoms with van der Waals surface area (Å²) in [5.41, 5.74) is 2.47. The van der Waals surface area contributed by atoms with E-state index in [1.165, 1.54) is 11.1 Å². The highest BCUT2D eigenvalue weighted by molar-refractivity contribution is 5.78. The maximum atomic E-state index is 11.9. The van der Waals surface area contributed by atoms with Crippen molar-refractivity contribution >= 4 is 5.91 Å². The first kappa shape index (κ1) is 14.7. The fourth-order valence-corrected chi connectivity index (χ4v) is 1.99. The van der Waals surface area contributed by atoms with Gasteiger partial charge in [-0.2, -0.15) is 0 Å². The van der Waals surface area contributed by atoms with Crippen LogP contribution < -0.4 is 5.32 Å². The van der Waals surface area contributed by atoms with E-state index in [2.05, 4.69) is 43.4 Å². The lowest BCUT2D eigenvalue weighted by atomic mass is 10.1. The molecule has 3 nitrogen and oxygen atoms in total. The van der Waals surface area contributed by atoms with Crippen molar-refractivity contribution in [3.05, 3.63) is 35.4 Å². The van der Waals surface area contributed by atoms with Gasteiger partial charge in [0.1, 0.15) is 0 Å². The number of nitrogens with one attached hydrogen (secondary N) is 1. The van der Waals surface area contributed by atoms with E-state index in [9.17, 15) is 4.79 Å². The standard InChI is InChI=1S/C15H24N2O/c1-5-17(6-2)15(18)11-16-13(4)14-9-7-8-12(3)10-14/h7-10,13,16H,5-6,11H2,1-4H3. The van der Waals surface area contributed by atoms with Crippen LogP contribution in [-0.2, 0) is 4.79 Å². The molecule has 0 aliphatic rings. The SMILES string of the molecule is CCN(CC)C(=O)CNC(C)c1cccc(C)c1. The molecule has 1 rings (SSSR count). The second kappa shape index (κ2) is 7.17. The molecule has 100 valence electrons. The Morgan fingerprint density at radius 3 is 2.56 bits per heavy atom. The van der Waals surface area contributed by atoms with Crippen molar-refractivity contribution in [1.29, 1.82) is 0 Å². The molecule has 1 unspecified atom stereocenters. The van der Waals surface area contributed by atoms with Gasteiger partial charge in [0.05, 0.1) is 6.54 Å². The molecule has 0 saturated carbocycles. The highest BCUT2D eigenvalue weighted by Gasteiger charge is 2.11. The maximum absolute atomic E-state index is 11.9. The molecule has 18 heavy (non-hydrogen) atoms. The van der Waals surface area contributed by atoms with Crippen LogP contribution in [0.25, 0.3) is 0 Å². The molecule has 1 aromatic carbocycles. The summed E-state index contributed by atoms with van der Waals surface area (Å²) in [7, 11) is 0. The summed E-state index contributed by atoms with van der Waals surface area (Å²) in [5.74, 6) is 0.166. The minimum atomic E-state index is 0.166. The van der Waals surface area contributed by atoms with Gasteiger partial charge in [0.2, 0.25) is 5.91 Å². The van der Waals surface area contributed by atoms with Crippen molar-refractivity contribution in [2.75, 3.05) is 19.6 Å². The van der Waals surface area contributed by atoms with Gasteiger partial charge < -0.3 is 10.2 Å². The van der Waals surface area contributed by atoms with Gasteiger partial charge in [0, 0.05) is 19.1 Å². The highest BCUT2D eigenvalue weighted by Crippen LogP contribution is 2.13. The van der Waals surface area contributed by atoms with Crippen molar-refractivity contribution in [1.82, 2.24) is 10.2 Å². The van der Waals surface area contributed by atoms with Gasteiger partial charge in [-0.05, 0) is 33.3 Å². The van der Waals surface area contributed by atoms with Crippen LogP contribution in [0.3, 0.4) is 0 Å². The van der Waals surface area contributed by atoms with E-state index in [4.69, 9.17) is 0 Å². The Balaban J connectivity index is 2.51. The Hall–Kier alpha value is -1.35. The Morgan fingerprint density at radius 2 is 2.00 bits per heavy atom. The van der Waals surface area contributed by atoms with Crippen LogP contribution in [0.5, 0.6) is 0 Å². The number of carbonyl (C=O) groups excluding carboxylic acids is 1. The molecule has 0 aliphatic carbocycles. The molecule has 0 saturated heterocycles. The number of nitrogens with zero attached hydrogens (tertiary/aromatic N) is 1. The topological polar surface area (TPSA) is 32.3 Å². The van der Waals surface area contributed by atoms with E-state index < -0.39 is 0 Å². The van der Waals surface area contributed by atoms with Gasteiger partial charge in [-0.1, -0.05) is 29.8 Å². The number of hydrogen-bond donors (Lipinski definition) is 1. The number of benzene rings is 1. The first-order valence-corrected chi connectivity index (χ1v) is 6.66. The quantitative estimate of drug-likeness (QED) is 0.839. The molecule has 0 heterocycles. The molecule has 0 bridgehead atoms. The van der Waals surface area contributed by atoms with Crippen molar-refractivity contribution in [3.63, 3.8) is 0 Å². The zero-order valence-electron chi connectivity index (χ0n) is 11.9. The molecule has 0 spiro atoms. The summed E-state index contributed by atoms with van der Waals surface area (Å²) in [6.07, 6.45) is 0. The molecular formula is C15H24N2O. The number of hydrogen-bond acceptors (Lipinski definition) is 2. The first-order chi connectivity index (χ1) is 8.58. The minimum absolute atomic E-state index is 0.166. The van der Waals surface area contributed by atoms with E-state index >= 15 is 0 Å². The second-order valence-electron chi connectivity index (χ2n) is 4.58. The van der Waals surface area contributed by atoms with Crippen LogP contribution in [0.1, 0.15) is 37.9 Å². The van der Waals surface area contributed by atoms with Gasteiger partial charge >= 0.3 is 0 Å². The molecule has 1 amide bonds. The highest BCUT2D eigenvalue weighted by atomic mass is 16.2. The average Bonchev–Trinajstić information content (AvgIpc) is 2.37. The summed E-state index contributed by atoms with van der Waals surface area (Å²) in [6.45, 7) is 10.1. The Labute approximate surface area is 110 Å². The predicted octanol–water partition coefficient (Wildman–Crippen LogP) is 2.51. The zero-order chi connectivity index (χ0) is 13.5. The van der Waals surface area contributed by atoms with Gasteiger partial charge in [-0.3, -0.25) is 4.79 Å². The summed E-state index contributed by atoms with van der Waals surface area (Å²) in [6, 6.07) is 8.57. The Bertz CT molecular complexity index is 386. The van der Waals surface area contributed by atoms with Crippen LogP contribution in [0.2, 0.25) is 0 Å². The average molecular weight is 248 g/mol. The zero-order valence-corrected chi connectivity index (χ0v) is 11.9. The van der Waals surface area contributed by atoms with Crippen LogP contribution in [0.15, 0.2) is 24.3 Å². The van der Waals surface area contributed by atoms with Crippen molar-refractivity contribution in [3.8, 4) is 0 Å². The smallest absolute Gasteiger partial charge is 0.236 e. The monoisotopic (exact) mass is 248 g/mol. The van der Waals surface area contributed by atoms with Crippen LogP contribution >= 0.6 is 0 Å². The van der Waals surface area contributed by atoms with Gasteiger partial charge in [0.25, 0.3) is 0 Å². The van der Waals surface area contributed by atoms with E-state index in [1.54, 1.807) is 0 Å². The number of carbonyl (C=O) groups is 1. The number of amides is 1. The largest absolute Gasteiger partial charge is 0.342 e. The maximum Gasteiger partial charge on any atom is 0.236 e. The van der Waals surface area contributed by atoms with Gasteiger partial charge in [0.15, 0.2) is 0 Å². The van der Waals surface area contributed by atoms with Gasteiger partial charge in [-0.15, -0.1) is 0 Å². The van der Waals surface area contributed by atoms with Crippen LogP contribution in [0.4, 0.5) is 0 Å². The minimum Gasteiger partial charge on any atom is -0.342 e. The fourth-order valence-electron chi connectivity index (χ4n) is 1.99. The molecule has 3 heteroatoms. The molecule has 0 aromatic heterocycles. The molecule has 1 atom stereocenters. The Kier molecular flexibility index (Phi) is 5.86. The lowest BCUT2D eigenvalue weighted by molar-refractivity contribution is -0.129. The van der Waals surface area contributed by atoms with E-state index in [1.807, 2.05) is 18.7 Å². The van der Waals surface area contributed by atoms with Crippen LogP contribution in [-0.4, -0.2) is 30.4 Å². The summed E-state index contributed by atoms with van der Waals surface area (Å²) in [5, 5.41) is 3.28. The number of aryl methyl sites for hydroxylation is 1. The molecule has 1 N–H and O–H groups in total. The fraction of sp³-hybridized carbons (Fsp3) is 0.533. The van der Waals surface area contributed by atoms with E-state index in [0.717, 1.165) is 13.1 Å². The third-order valence-electron chi connectivity index (χ3n) is 3.22. The van der Waals surface area contributed by atoms with Crippen LogP contribution in [0, 0.1) is 6.92 Å². The lowest BCUT2D eigenvalue weighted by Crippen LogP contribution is -2.38. The molecule has 0 fully saturated rings.